The van der Waals surface area contributed by atoms with E-state index in [4.69, 9.17) is 9.72 Å². The van der Waals surface area contributed by atoms with Gasteiger partial charge in [0.2, 0.25) is 5.91 Å². The molecule has 0 spiro atoms. The van der Waals surface area contributed by atoms with Crippen LogP contribution in [0, 0.1) is 17.2 Å². The largest absolute Gasteiger partial charge is 0.573 e. The molecule has 4 saturated heterocycles. The number of alkyl halides is 3. The Bertz CT molecular complexity index is 1900. The monoisotopic (exact) mass is 659 g/mol. The fourth-order valence-electron chi connectivity index (χ4n) is 7.51. The van der Waals surface area contributed by atoms with E-state index in [9.17, 15) is 28.3 Å². The van der Waals surface area contributed by atoms with Gasteiger partial charge in [-0.2, -0.15) is 10.4 Å². The highest BCUT2D eigenvalue weighted by atomic mass is 19.4. The Labute approximate surface area is 273 Å². The van der Waals surface area contributed by atoms with Gasteiger partial charge in [-0.3, -0.25) is 9.69 Å². The number of anilines is 1. The number of ether oxygens (including phenoxy) is 2. The number of pyridine rings is 2. The predicted molar refractivity (Wildman–Crippen MR) is 166 cm³/mol. The number of likely N-dealkylation sites (tertiary alicyclic amines) is 1. The molecule has 48 heavy (non-hydrogen) atoms. The van der Waals surface area contributed by atoms with Crippen LogP contribution in [0.25, 0.3) is 16.6 Å². The number of carbonyl (C=O) groups is 1. The molecule has 1 N–H and O–H groups in total. The van der Waals surface area contributed by atoms with E-state index in [-0.39, 0.29) is 30.2 Å². The number of piperidine rings is 2. The Kier molecular flexibility index (Phi) is 7.22. The Balaban J connectivity index is 0.918. The standard InChI is InChI=1S/C34H32F3N7O4/c35-34(36,37)48-27-4-1-21(2-5-27)9-31(45)44-25-10-26(44)18-42(17-25)30-6-3-22(14-39-30)29-11-28(19-43-32(29)23(13-38)15-40-43)47-8-7-41-16-24-12-33(24,46)20-41/h1-6,11,14-15,19,24-26,46H,7-10,12,16-18,20H2. The molecule has 1 amide bonds. The lowest BCUT2D eigenvalue weighted by Crippen LogP contribution is -2.70. The minimum Gasteiger partial charge on any atom is -0.491 e. The topological polar surface area (TPSA) is 119 Å². The third-order valence-electron chi connectivity index (χ3n) is 9.94. The van der Waals surface area contributed by atoms with Crippen molar-refractivity contribution in [3.63, 3.8) is 0 Å². The normalized spacial score (nSPS) is 24.6. The Morgan fingerprint density at radius 3 is 2.54 bits per heavy atom. The fourth-order valence-corrected chi connectivity index (χ4v) is 7.51. The number of nitrogens with zero attached hydrogens (tertiary/aromatic N) is 7. The van der Waals surface area contributed by atoms with Crippen molar-refractivity contribution in [3.8, 4) is 28.7 Å². The van der Waals surface area contributed by atoms with Crippen molar-refractivity contribution in [2.45, 2.75) is 43.3 Å². The van der Waals surface area contributed by atoms with E-state index in [1.807, 2.05) is 23.1 Å². The molecule has 4 aliphatic heterocycles. The predicted octanol–water partition coefficient (Wildman–Crippen LogP) is 3.64. The molecule has 1 saturated carbocycles. The average Bonchev–Trinajstić information content (AvgIpc) is 3.34. The molecule has 4 atom stereocenters. The maximum atomic E-state index is 13.1. The highest BCUT2D eigenvalue weighted by Crippen LogP contribution is 2.49. The number of amides is 1. The van der Waals surface area contributed by atoms with Crippen LogP contribution in [-0.2, 0) is 11.2 Å². The van der Waals surface area contributed by atoms with Gasteiger partial charge in [-0.25, -0.2) is 9.50 Å². The number of piperazine rings is 1. The first kappa shape index (κ1) is 30.5. The van der Waals surface area contributed by atoms with Crippen molar-refractivity contribution >= 4 is 17.2 Å². The van der Waals surface area contributed by atoms with Crippen LogP contribution in [-0.4, -0.2) is 98.8 Å². The van der Waals surface area contributed by atoms with Gasteiger partial charge < -0.3 is 24.4 Å². The van der Waals surface area contributed by atoms with E-state index >= 15 is 0 Å². The van der Waals surface area contributed by atoms with E-state index in [1.54, 1.807) is 16.9 Å². The van der Waals surface area contributed by atoms with Crippen molar-refractivity contribution < 1.29 is 32.5 Å². The van der Waals surface area contributed by atoms with Gasteiger partial charge in [0.15, 0.2) is 0 Å². The molecule has 5 fully saturated rings. The third-order valence-corrected chi connectivity index (χ3v) is 9.94. The lowest BCUT2D eigenvalue weighted by Gasteiger charge is -2.56. The Morgan fingerprint density at radius 1 is 1.08 bits per heavy atom. The second-order valence-corrected chi connectivity index (χ2v) is 13.2. The Hall–Kier alpha value is -4.87. The van der Waals surface area contributed by atoms with Gasteiger partial charge >= 0.3 is 6.36 Å². The second-order valence-electron chi connectivity index (χ2n) is 13.2. The summed E-state index contributed by atoms with van der Waals surface area (Å²) in [6.45, 7) is 3.98. The number of fused-ring (bicyclic) bond motifs is 4. The Morgan fingerprint density at radius 2 is 1.88 bits per heavy atom. The molecule has 11 nitrogen and oxygen atoms in total. The molecule has 9 rings (SSSR count). The zero-order chi connectivity index (χ0) is 33.2. The van der Waals surface area contributed by atoms with Crippen LogP contribution in [0.5, 0.6) is 11.5 Å². The highest BCUT2D eigenvalue weighted by molar-refractivity contribution is 5.85. The number of rotatable bonds is 9. The van der Waals surface area contributed by atoms with Crippen LogP contribution in [0.3, 0.4) is 0 Å². The van der Waals surface area contributed by atoms with Gasteiger partial charge in [-0.15, -0.1) is 13.2 Å². The molecule has 5 aliphatic rings. The molecule has 0 radical (unpaired) electrons. The molecule has 7 heterocycles. The average molecular weight is 660 g/mol. The molecule has 248 valence electrons. The number of hydrogen-bond acceptors (Lipinski definition) is 9. The van der Waals surface area contributed by atoms with E-state index in [0.717, 1.165) is 36.3 Å². The molecule has 4 aromatic rings. The number of nitriles is 1. The summed E-state index contributed by atoms with van der Waals surface area (Å²) in [6.07, 6.45) is 2.19. The minimum atomic E-state index is -4.76. The third kappa shape index (κ3) is 5.77. The van der Waals surface area contributed by atoms with Crippen molar-refractivity contribution in [2.75, 3.05) is 44.2 Å². The second kappa shape index (κ2) is 11.4. The lowest BCUT2D eigenvalue weighted by molar-refractivity contribution is -0.274. The lowest BCUT2D eigenvalue weighted by atomic mass is 9.86. The summed E-state index contributed by atoms with van der Waals surface area (Å²) in [5.74, 6) is 1.40. The zero-order valence-corrected chi connectivity index (χ0v) is 25.8. The number of carbonyl (C=O) groups excluding carboxylic acids is 1. The van der Waals surface area contributed by atoms with Crippen LogP contribution in [0.2, 0.25) is 0 Å². The highest BCUT2D eigenvalue weighted by Gasteiger charge is 2.58. The molecule has 14 heteroatoms. The van der Waals surface area contributed by atoms with Crippen LogP contribution in [0.1, 0.15) is 24.0 Å². The van der Waals surface area contributed by atoms with Crippen LogP contribution in [0.4, 0.5) is 19.0 Å². The van der Waals surface area contributed by atoms with Gasteiger partial charge in [0.1, 0.15) is 30.0 Å². The van der Waals surface area contributed by atoms with E-state index in [0.29, 0.717) is 61.1 Å². The van der Waals surface area contributed by atoms with Gasteiger partial charge in [0, 0.05) is 56.0 Å². The minimum absolute atomic E-state index is 0.0262. The number of halogens is 3. The summed E-state index contributed by atoms with van der Waals surface area (Å²) < 4.78 is 49.1. The van der Waals surface area contributed by atoms with E-state index in [1.165, 1.54) is 30.5 Å². The quantitative estimate of drug-likeness (QED) is 0.287. The van der Waals surface area contributed by atoms with E-state index < -0.39 is 12.0 Å². The van der Waals surface area contributed by atoms with Gasteiger partial charge in [0.05, 0.1) is 47.6 Å². The van der Waals surface area contributed by atoms with Crippen LogP contribution < -0.4 is 14.4 Å². The van der Waals surface area contributed by atoms with Crippen molar-refractivity contribution in [3.05, 3.63) is 72.2 Å². The molecular weight excluding hydrogens is 627 g/mol. The fraction of sp³-hybridized carbons (Fsp3) is 0.412. The molecule has 1 aliphatic carbocycles. The van der Waals surface area contributed by atoms with Crippen molar-refractivity contribution in [2.24, 2.45) is 5.92 Å². The summed E-state index contributed by atoms with van der Waals surface area (Å²) in [4.78, 5) is 24.1. The van der Waals surface area contributed by atoms with Gasteiger partial charge in [-0.1, -0.05) is 12.1 Å². The molecular formula is C34H32F3N7O4. The zero-order valence-electron chi connectivity index (χ0n) is 25.8. The van der Waals surface area contributed by atoms with Crippen molar-refractivity contribution in [1.29, 1.82) is 5.26 Å². The summed E-state index contributed by atoms with van der Waals surface area (Å²) in [5, 5.41) is 24.5. The first-order valence-electron chi connectivity index (χ1n) is 15.9. The maximum absolute atomic E-state index is 13.1. The number of β-amino-alcohol motifs (C(OH)–C–C–N with tert-alkyl or cyclic N) is 1. The number of aliphatic hydroxyl groups is 1. The molecule has 1 aromatic carbocycles. The molecule has 2 bridgehead atoms. The van der Waals surface area contributed by atoms with Crippen molar-refractivity contribution in [1.82, 2.24) is 24.4 Å². The number of benzene rings is 1. The summed E-state index contributed by atoms with van der Waals surface area (Å²) in [7, 11) is 0. The van der Waals surface area contributed by atoms with Gasteiger partial charge in [0.25, 0.3) is 0 Å². The smallest absolute Gasteiger partial charge is 0.491 e. The maximum Gasteiger partial charge on any atom is 0.573 e. The number of hydrogen-bond donors (Lipinski definition) is 1. The SMILES string of the molecule is N#Cc1cnn2cc(OCCN3CC4CC4(O)C3)cc(-c3ccc(N4CC5CC(C4)N5C(=O)Cc4ccc(OC(F)(F)F)cc4)nc3)c12. The molecule has 4 unspecified atom stereocenters. The van der Waals surface area contributed by atoms with Crippen LogP contribution >= 0.6 is 0 Å². The van der Waals surface area contributed by atoms with Crippen LogP contribution in [0.15, 0.2) is 61.1 Å². The van der Waals surface area contributed by atoms with Gasteiger partial charge in [-0.05, 0) is 48.7 Å². The summed E-state index contributed by atoms with van der Waals surface area (Å²) in [6, 6.07) is 13.5. The first-order chi connectivity index (χ1) is 23.0. The summed E-state index contributed by atoms with van der Waals surface area (Å²) in [5.41, 5.74) is 2.80. The first-order valence-corrected chi connectivity index (χ1v) is 15.9. The number of aromatic nitrogens is 3. The summed E-state index contributed by atoms with van der Waals surface area (Å²) >= 11 is 0. The van der Waals surface area contributed by atoms with E-state index in [2.05, 4.69) is 25.7 Å². The molecule has 3 aromatic heterocycles.